The predicted molar refractivity (Wildman–Crippen MR) is 117 cm³/mol. The Morgan fingerprint density at radius 1 is 1.12 bits per heavy atom. The molecule has 0 spiro atoms. The van der Waals surface area contributed by atoms with E-state index < -0.39 is 41.6 Å². The molecule has 1 aromatic carbocycles. The van der Waals surface area contributed by atoms with Crippen molar-refractivity contribution >= 4 is 52.3 Å². The number of likely N-dealkylation sites (tertiary alicyclic amines) is 1. The molecule has 0 saturated carbocycles. The highest BCUT2D eigenvalue weighted by Crippen LogP contribution is 2.30. The van der Waals surface area contributed by atoms with Crippen molar-refractivity contribution in [2.24, 2.45) is 0 Å². The molecule has 2 aliphatic rings. The Morgan fingerprint density at radius 2 is 1.84 bits per heavy atom. The summed E-state index contributed by atoms with van der Waals surface area (Å²) in [7, 11) is 0. The van der Waals surface area contributed by atoms with Crippen LogP contribution in [0.25, 0.3) is 0 Å². The number of benzene rings is 1. The van der Waals surface area contributed by atoms with Crippen LogP contribution in [0.1, 0.15) is 19.3 Å². The number of halogens is 4. The zero-order valence-electron chi connectivity index (χ0n) is 16.8. The van der Waals surface area contributed by atoms with Crippen LogP contribution in [0.15, 0.2) is 24.5 Å². The molecular formula is C20H20Cl2F2N6O2. The molecule has 3 heterocycles. The number of aromatic nitrogens is 2. The van der Waals surface area contributed by atoms with Crippen molar-refractivity contribution in [3.05, 3.63) is 40.4 Å². The molecule has 0 radical (unpaired) electrons. The van der Waals surface area contributed by atoms with Gasteiger partial charge in [0.2, 0.25) is 11.7 Å². The van der Waals surface area contributed by atoms with Crippen molar-refractivity contribution in [1.82, 2.24) is 14.9 Å². The molecule has 32 heavy (non-hydrogen) atoms. The first-order valence-corrected chi connectivity index (χ1v) is 10.7. The molecule has 2 aliphatic heterocycles. The molecule has 2 amide bonds. The molecule has 1 aromatic heterocycles. The smallest absolute Gasteiger partial charge is 0.251 e. The molecule has 2 aromatic rings. The number of rotatable bonds is 4. The van der Waals surface area contributed by atoms with Gasteiger partial charge in [-0.1, -0.05) is 23.2 Å². The number of hydrogen-bond acceptors (Lipinski definition) is 6. The number of amides is 2. The topological polar surface area (TPSA) is 104 Å². The van der Waals surface area contributed by atoms with E-state index in [0.717, 1.165) is 11.2 Å². The Hall–Kier alpha value is -2.72. The molecule has 8 nitrogen and oxygen atoms in total. The summed E-state index contributed by atoms with van der Waals surface area (Å²) in [5.41, 5.74) is 6.03. The van der Waals surface area contributed by atoms with Crippen molar-refractivity contribution in [3.63, 3.8) is 0 Å². The van der Waals surface area contributed by atoms with E-state index in [1.54, 1.807) is 18.2 Å². The Labute approximate surface area is 192 Å². The monoisotopic (exact) mass is 484 g/mol. The third-order valence-corrected chi connectivity index (χ3v) is 5.95. The van der Waals surface area contributed by atoms with E-state index in [9.17, 15) is 18.4 Å². The molecule has 170 valence electrons. The number of nitrogens with two attached hydrogens (primary N) is 1. The number of nitrogens with one attached hydrogen (secondary N) is 1. The van der Waals surface area contributed by atoms with Crippen molar-refractivity contribution < 1.29 is 18.4 Å². The average Bonchev–Trinajstić information content (AvgIpc) is 2.73. The first-order chi connectivity index (χ1) is 15.2. The average molecular weight is 485 g/mol. The maximum atomic E-state index is 14.6. The van der Waals surface area contributed by atoms with Crippen LogP contribution in [0.3, 0.4) is 0 Å². The van der Waals surface area contributed by atoms with E-state index in [-0.39, 0.29) is 25.4 Å². The number of nitrogens with zero attached hydrogens (tertiary/aromatic N) is 4. The summed E-state index contributed by atoms with van der Waals surface area (Å²) in [5.74, 6) is -2.82. The Morgan fingerprint density at radius 3 is 2.56 bits per heavy atom. The van der Waals surface area contributed by atoms with Crippen LogP contribution >= 0.6 is 23.2 Å². The molecule has 0 bridgehead atoms. The van der Waals surface area contributed by atoms with Gasteiger partial charge in [-0.15, -0.1) is 0 Å². The number of piperidine rings is 2. The summed E-state index contributed by atoms with van der Waals surface area (Å²) < 4.78 is 29.0. The van der Waals surface area contributed by atoms with Gasteiger partial charge in [0.1, 0.15) is 24.6 Å². The summed E-state index contributed by atoms with van der Waals surface area (Å²) in [6, 6.07) is 3.10. The first-order valence-electron chi connectivity index (χ1n) is 9.99. The van der Waals surface area contributed by atoms with Gasteiger partial charge in [-0.2, -0.15) is 4.39 Å². The minimum absolute atomic E-state index is 0.182. The second-order valence-corrected chi connectivity index (χ2v) is 8.60. The normalized spacial score (nSPS) is 24.1. The lowest BCUT2D eigenvalue weighted by Crippen LogP contribution is -2.61. The van der Waals surface area contributed by atoms with Gasteiger partial charge >= 0.3 is 0 Å². The molecule has 2 saturated heterocycles. The molecule has 4 rings (SSSR count). The van der Waals surface area contributed by atoms with E-state index in [2.05, 4.69) is 15.3 Å². The third kappa shape index (κ3) is 4.42. The van der Waals surface area contributed by atoms with E-state index in [1.807, 2.05) is 0 Å². The van der Waals surface area contributed by atoms with Crippen LogP contribution in [-0.2, 0) is 9.59 Å². The van der Waals surface area contributed by atoms with Gasteiger partial charge in [0, 0.05) is 28.7 Å². The highest BCUT2D eigenvalue weighted by molar-refractivity contribution is 6.35. The Bertz CT molecular complexity index is 1040. The van der Waals surface area contributed by atoms with Crippen molar-refractivity contribution in [1.29, 1.82) is 0 Å². The van der Waals surface area contributed by atoms with E-state index >= 15 is 0 Å². The van der Waals surface area contributed by atoms with Crippen LogP contribution in [0.4, 0.5) is 26.1 Å². The van der Waals surface area contributed by atoms with E-state index in [4.69, 9.17) is 28.9 Å². The van der Waals surface area contributed by atoms with Crippen molar-refractivity contribution in [3.8, 4) is 0 Å². The van der Waals surface area contributed by atoms with Gasteiger partial charge in [-0.25, -0.2) is 14.4 Å². The number of alkyl halides is 1. The van der Waals surface area contributed by atoms with Crippen LogP contribution in [0, 0.1) is 5.82 Å². The number of anilines is 3. The van der Waals surface area contributed by atoms with Crippen LogP contribution in [0.5, 0.6) is 0 Å². The standard InChI is InChI=1S/C20H20Cl2F2N6O2/c21-10-4-11(22)6-13(5-10)28-14-2-1-3-29(19(14)31)15-7-12(23)8-30(20(15)32)18-16(24)17(25)26-9-27-18/h4-6,9,12,14-15,28H,1-3,7-8H2,(H2,25,26,27)/t12-,14?,15+/m0/s1. The van der Waals surface area contributed by atoms with Crippen LogP contribution < -0.4 is 16.0 Å². The largest absolute Gasteiger partial charge is 0.381 e. The predicted octanol–water partition coefficient (Wildman–Crippen LogP) is 3.05. The van der Waals surface area contributed by atoms with Crippen molar-refractivity contribution in [2.75, 3.05) is 29.0 Å². The van der Waals surface area contributed by atoms with Crippen LogP contribution in [0.2, 0.25) is 10.0 Å². The van der Waals surface area contributed by atoms with Gasteiger partial charge in [0.15, 0.2) is 11.6 Å². The van der Waals surface area contributed by atoms with Gasteiger partial charge in [0.05, 0.1) is 6.54 Å². The fourth-order valence-corrected chi connectivity index (χ4v) is 4.61. The van der Waals surface area contributed by atoms with E-state index in [0.29, 0.717) is 28.6 Å². The molecule has 3 N–H and O–H groups in total. The highest BCUT2D eigenvalue weighted by atomic mass is 35.5. The minimum Gasteiger partial charge on any atom is -0.381 e. The zero-order chi connectivity index (χ0) is 23.0. The number of carbonyl (C=O) groups is 2. The quantitative estimate of drug-likeness (QED) is 0.690. The Kier molecular flexibility index (Phi) is 6.34. The summed E-state index contributed by atoms with van der Waals surface area (Å²) in [5, 5.41) is 3.91. The third-order valence-electron chi connectivity index (χ3n) is 5.52. The Balaban J connectivity index is 1.56. The lowest BCUT2D eigenvalue weighted by molar-refractivity contribution is -0.144. The molecule has 3 atom stereocenters. The summed E-state index contributed by atoms with van der Waals surface area (Å²) in [6.07, 6.45) is 0.452. The summed E-state index contributed by atoms with van der Waals surface area (Å²) in [6.45, 7) is -0.105. The minimum atomic E-state index is -1.47. The number of nitrogen functional groups attached to an aromatic ring is 1. The first kappa shape index (κ1) is 22.5. The van der Waals surface area contributed by atoms with Gasteiger partial charge in [-0.3, -0.25) is 14.5 Å². The van der Waals surface area contributed by atoms with Gasteiger partial charge < -0.3 is 16.0 Å². The highest BCUT2D eigenvalue weighted by Gasteiger charge is 2.44. The van der Waals surface area contributed by atoms with Gasteiger partial charge in [0.25, 0.3) is 5.91 Å². The summed E-state index contributed by atoms with van der Waals surface area (Å²) in [4.78, 5) is 35.9. The van der Waals surface area contributed by atoms with Crippen LogP contribution in [-0.4, -0.2) is 58.0 Å². The number of carbonyl (C=O) groups excluding carboxylic acids is 2. The van der Waals surface area contributed by atoms with E-state index in [1.165, 1.54) is 4.90 Å². The van der Waals surface area contributed by atoms with Gasteiger partial charge in [-0.05, 0) is 31.0 Å². The van der Waals surface area contributed by atoms with Crippen molar-refractivity contribution in [2.45, 2.75) is 37.5 Å². The molecule has 0 aliphatic carbocycles. The maximum absolute atomic E-state index is 14.6. The molecule has 2 fully saturated rings. The molecule has 1 unspecified atom stereocenters. The second-order valence-electron chi connectivity index (χ2n) is 7.72. The molecule has 12 heteroatoms. The number of hydrogen-bond donors (Lipinski definition) is 2. The maximum Gasteiger partial charge on any atom is 0.251 e. The SMILES string of the molecule is Nc1ncnc(N2C[C@@H](F)C[C@@H](N3CCCC(Nc4cc(Cl)cc(Cl)c4)C3=O)C2=O)c1F. The lowest BCUT2D eigenvalue weighted by Gasteiger charge is -2.42. The second kappa shape index (κ2) is 9.03. The fourth-order valence-electron chi connectivity index (χ4n) is 4.08. The summed E-state index contributed by atoms with van der Waals surface area (Å²) >= 11 is 12.1. The fraction of sp³-hybridized carbons (Fsp3) is 0.400. The lowest BCUT2D eigenvalue weighted by atomic mass is 9.96. The molecular weight excluding hydrogens is 465 g/mol. The zero-order valence-corrected chi connectivity index (χ0v) is 18.3.